The van der Waals surface area contributed by atoms with Gasteiger partial charge in [-0.1, -0.05) is 11.3 Å². The highest BCUT2D eigenvalue weighted by atomic mass is 32.1. The molecular formula is C9H14F3N3OS. The molecule has 1 N–H and O–H groups in total. The molecule has 1 heterocycles. The predicted molar refractivity (Wildman–Crippen MR) is 59.0 cm³/mol. The van der Waals surface area contributed by atoms with Gasteiger partial charge in [0.25, 0.3) is 0 Å². The van der Waals surface area contributed by atoms with Gasteiger partial charge in [0, 0.05) is 19.6 Å². The Morgan fingerprint density at radius 3 is 2.76 bits per heavy atom. The minimum absolute atomic E-state index is 0.0254. The standard InChI is InChI=1S/C9H14F3N3OS/c1-2-13-8-15-14-7(17-8)6-16-5-3-4-9(10,11)12/h2-6H2,1H3,(H,13,15). The van der Waals surface area contributed by atoms with Crippen molar-refractivity contribution in [2.75, 3.05) is 18.5 Å². The highest BCUT2D eigenvalue weighted by molar-refractivity contribution is 7.15. The molecule has 0 aromatic carbocycles. The van der Waals surface area contributed by atoms with Gasteiger partial charge in [-0.05, 0) is 13.3 Å². The topological polar surface area (TPSA) is 47.0 Å². The fourth-order valence-electron chi connectivity index (χ4n) is 1.07. The average Bonchev–Trinajstić information content (AvgIpc) is 2.64. The first-order valence-corrected chi connectivity index (χ1v) is 6.03. The second-order valence-corrected chi connectivity index (χ2v) is 4.36. The number of anilines is 1. The van der Waals surface area contributed by atoms with Crippen molar-refractivity contribution in [3.63, 3.8) is 0 Å². The number of hydrogen-bond acceptors (Lipinski definition) is 5. The Bertz CT molecular complexity index is 330. The number of alkyl halides is 3. The van der Waals surface area contributed by atoms with Gasteiger partial charge in [-0.15, -0.1) is 10.2 Å². The summed E-state index contributed by atoms with van der Waals surface area (Å²) in [5, 5.41) is 12.0. The minimum atomic E-state index is -4.11. The molecule has 4 nitrogen and oxygen atoms in total. The molecule has 1 aromatic heterocycles. The van der Waals surface area contributed by atoms with Crippen LogP contribution >= 0.6 is 11.3 Å². The summed E-state index contributed by atoms with van der Waals surface area (Å²) in [5.41, 5.74) is 0. The molecule has 1 rings (SSSR count). The van der Waals surface area contributed by atoms with Crippen molar-refractivity contribution >= 4 is 16.5 Å². The molecule has 0 spiro atoms. The molecule has 0 unspecified atom stereocenters. The average molecular weight is 269 g/mol. The zero-order chi connectivity index (χ0) is 12.7. The van der Waals surface area contributed by atoms with Crippen LogP contribution in [0.25, 0.3) is 0 Å². The van der Waals surface area contributed by atoms with E-state index in [1.165, 1.54) is 11.3 Å². The van der Waals surface area contributed by atoms with Crippen molar-refractivity contribution in [3.05, 3.63) is 5.01 Å². The van der Waals surface area contributed by atoms with Gasteiger partial charge in [0.15, 0.2) is 0 Å². The van der Waals surface area contributed by atoms with Crippen molar-refractivity contribution in [1.82, 2.24) is 10.2 Å². The highest BCUT2D eigenvalue weighted by Gasteiger charge is 2.25. The summed E-state index contributed by atoms with van der Waals surface area (Å²) >= 11 is 1.34. The Balaban J connectivity index is 2.13. The third kappa shape index (κ3) is 6.42. The molecule has 0 fully saturated rings. The van der Waals surface area contributed by atoms with Gasteiger partial charge in [0.2, 0.25) is 5.13 Å². The van der Waals surface area contributed by atoms with Crippen LogP contribution in [-0.2, 0) is 11.3 Å². The van der Waals surface area contributed by atoms with Gasteiger partial charge in [0.05, 0.1) is 0 Å². The number of hydrogen-bond donors (Lipinski definition) is 1. The van der Waals surface area contributed by atoms with Crippen LogP contribution in [-0.4, -0.2) is 29.5 Å². The largest absolute Gasteiger partial charge is 0.389 e. The van der Waals surface area contributed by atoms with Crippen LogP contribution in [0.1, 0.15) is 24.8 Å². The summed E-state index contributed by atoms with van der Waals surface area (Å²) in [6.07, 6.45) is -4.95. The number of ether oxygens (including phenoxy) is 1. The molecule has 1 aromatic rings. The van der Waals surface area contributed by atoms with E-state index in [4.69, 9.17) is 4.74 Å². The number of halogens is 3. The van der Waals surface area contributed by atoms with Gasteiger partial charge in [-0.2, -0.15) is 13.2 Å². The smallest absolute Gasteiger partial charge is 0.374 e. The lowest BCUT2D eigenvalue weighted by molar-refractivity contribution is -0.138. The van der Waals surface area contributed by atoms with Crippen molar-refractivity contribution < 1.29 is 17.9 Å². The molecule has 0 radical (unpaired) electrons. The molecule has 0 aliphatic heterocycles. The normalized spacial score (nSPS) is 11.8. The van der Waals surface area contributed by atoms with Crippen molar-refractivity contribution in [2.24, 2.45) is 0 Å². The van der Waals surface area contributed by atoms with E-state index in [0.717, 1.165) is 6.54 Å². The Kier molecular flexibility index (Phi) is 5.63. The van der Waals surface area contributed by atoms with E-state index in [1.807, 2.05) is 6.92 Å². The van der Waals surface area contributed by atoms with Crippen LogP contribution in [0.5, 0.6) is 0 Å². The fraction of sp³-hybridized carbons (Fsp3) is 0.778. The van der Waals surface area contributed by atoms with Crippen LogP contribution in [0.2, 0.25) is 0 Å². The molecule has 8 heteroatoms. The van der Waals surface area contributed by atoms with E-state index < -0.39 is 12.6 Å². The number of rotatable bonds is 7. The van der Waals surface area contributed by atoms with Crippen LogP contribution in [0, 0.1) is 0 Å². The predicted octanol–water partition coefficient (Wildman–Crippen LogP) is 2.83. The lowest BCUT2D eigenvalue weighted by Crippen LogP contribution is -2.08. The summed E-state index contributed by atoms with van der Waals surface area (Å²) < 4.78 is 40.5. The molecule has 0 saturated heterocycles. The van der Waals surface area contributed by atoms with Crippen LogP contribution < -0.4 is 5.32 Å². The van der Waals surface area contributed by atoms with Crippen LogP contribution in [0.15, 0.2) is 0 Å². The van der Waals surface area contributed by atoms with E-state index in [1.54, 1.807) is 0 Å². The van der Waals surface area contributed by atoms with E-state index >= 15 is 0 Å². The molecule has 0 aliphatic carbocycles. The third-order valence-corrected chi connectivity index (χ3v) is 2.62. The van der Waals surface area contributed by atoms with E-state index in [9.17, 15) is 13.2 Å². The summed E-state index contributed by atoms with van der Waals surface area (Å²) in [7, 11) is 0. The molecular weight excluding hydrogens is 255 g/mol. The molecule has 0 saturated carbocycles. The summed E-state index contributed by atoms with van der Waals surface area (Å²) in [5.74, 6) is 0. The first-order valence-electron chi connectivity index (χ1n) is 5.22. The number of nitrogens with one attached hydrogen (secondary N) is 1. The minimum Gasteiger partial charge on any atom is -0.374 e. The Hall–Kier alpha value is -0.890. The summed E-state index contributed by atoms with van der Waals surface area (Å²) in [6, 6.07) is 0. The lowest BCUT2D eigenvalue weighted by Gasteiger charge is -2.05. The molecule has 98 valence electrons. The third-order valence-electron chi connectivity index (χ3n) is 1.77. The SMILES string of the molecule is CCNc1nnc(COCCCC(F)(F)F)s1. The summed E-state index contributed by atoms with van der Waals surface area (Å²) in [6.45, 7) is 2.98. The number of nitrogens with zero attached hydrogens (tertiary/aromatic N) is 2. The van der Waals surface area contributed by atoms with Gasteiger partial charge in [-0.25, -0.2) is 0 Å². The first-order chi connectivity index (χ1) is 8.01. The zero-order valence-corrected chi connectivity index (χ0v) is 10.2. The van der Waals surface area contributed by atoms with E-state index in [-0.39, 0.29) is 19.6 Å². The van der Waals surface area contributed by atoms with Crippen LogP contribution in [0.4, 0.5) is 18.3 Å². The Morgan fingerprint density at radius 1 is 1.35 bits per heavy atom. The van der Waals surface area contributed by atoms with Crippen molar-refractivity contribution in [3.8, 4) is 0 Å². The quantitative estimate of drug-likeness (QED) is 0.773. The second-order valence-electron chi connectivity index (χ2n) is 3.30. The Labute approximate surface area is 101 Å². The highest BCUT2D eigenvalue weighted by Crippen LogP contribution is 2.21. The monoisotopic (exact) mass is 269 g/mol. The van der Waals surface area contributed by atoms with E-state index in [2.05, 4.69) is 15.5 Å². The van der Waals surface area contributed by atoms with Gasteiger partial charge in [-0.3, -0.25) is 0 Å². The fourth-order valence-corrected chi connectivity index (χ4v) is 1.81. The molecule has 0 amide bonds. The van der Waals surface area contributed by atoms with Crippen molar-refractivity contribution in [1.29, 1.82) is 0 Å². The zero-order valence-electron chi connectivity index (χ0n) is 9.38. The van der Waals surface area contributed by atoms with Crippen molar-refractivity contribution in [2.45, 2.75) is 32.5 Å². The molecule has 0 atom stereocenters. The first kappa shape index (κ1) is 14.2. The molecule has 17 heavy (non-hydrogen) atoms. The maximum Gasteiger partial charge on any atom is 0.389 e. The Morgan fingerprint density at radius 2 is 2.12 bits per heavy atom. The van der Waals surface area contributed by atoms with Crippen LogP contribution in [0.3, 0.4) is 0 Å². The maximum atomic E-state index is 11.8. The molecule has 0 bridgehead atoms. The van der Waals surface area contributed by atoms with Gasteiger partial charge < -0.3 is 10.1 Å². The lowest BCUT2D eigenvalue weighted by atomic mass is 10.3. The second kappa shape index (κ2) is 6.75. The van der Waals surface area contributed by atoms with Gasteiger partial charge >= 0.3 is 6.18 Å². The molecule has 0 aliphatic rings. The summed E-state index contributed by atoms with van der Waals surface area (Å²) in [4.78, 5) is 0. The number of aromatic nitrogens is 2. The maximum absolute atomic E-state index is 11.8. The van der Waals surface area contributed by atoms with E-state index in [0.29, 0.717) is 10.1 Å². The van der Waals surface area contributed by atoms with Gasteiger partial charge in [0.1, 0.15) is 11.6 Å².